The van der Waals surface area contributed by atoms with Crippen LogP contribution in [0.4, 0.5) is 48.3 Å². The standard InChI is InChI=1S/C11H13F11O3S/c1-6(12,13)10(19,20)11(21,22)7(2,14)25-4-8(15,16)3-9(17,18)5-26(23)24/h3-5H2,1-2H3,(H,23,24)/p-1. The normalized spacial score (nSPS) is 18.5. The molecule has 0 radical (unpaired) electrons. The summed E-state index contributed by atoms with van der Waals surface area (Å²) in [4.78, 5) is 0. The number of rotatable bonds is 10. The summed E-state index contributed by atoms with van der Waals surface area (Å²) in [7, 11) is 0. The minimum Gasteiger partial charge on any atom is -0.772 e. The summed E-state index contributed by atoms with van der Waals surface area (Å²) in [6, 6.07) is 0. The van der Waals surface area contributed by atoms with E-state index in [2.05, 4.69) is 4.74 Å². The van der Waals surface area contributed by atoms with E-state index in [1.165, 1.54) is 0 Å². The highest BCUT2D eigenvalue weighted by atomic mass is 32.2. The topological polar surface area (TPSA) is 49.4 Å². The minimum atomic E-state index is -6.37. The number of hydrogen-bond donors (Lipinski definition) is 0. The monoisotopic (exact) mass is 433 g/mol. The second-order valence-electron chi connectivity index (χ2n) is 5.58. The lowest BCUT2D eigenvalue weighted by Crippen LogP contribution is -2.63. The third kappa shape index (κ3) is 5.90. The molecule has 0 rings (SSSR count). The third-order valence-corrected chi connectivity index (χ3v) is 3.57. The molecule has 2 unspecified atom stereocenters. The third-order valence-electron chi connectivity index (χ3n) is 2.91. The highest BCUT2D eigenvalue weighted by Gasteiger charge is 2.77. The van der Waals surface area contributed by atoms with E-state index in [9.17, 15) is 57.1 Å². The largest absolute Gasteiger partial charge is 0.772 e. The first-order valence-electron chi connectivity index (χ1n) is 6.36. The average molecular weight is 433 g/mol. The molecule has 3 nitrogen and oxygen atoms in total. The van der Waals surface area contributed by atoms with E-state index in [-0.39, 0.29) is 0 Å². The maximum atomic E-state index is 13.7. The van der Waals surface area contributed by atoms with Gasteiger partial charge >= 0.3 is 17.8 Å². The van der Waals surface area contributed by atoms with Gasteiger partial charge in [0, 0.05) is 13.8 Å². The van der Waals surface area contributed by atoms with E-state index in [1.807, 2.05) is 0 Å². The zero-order valence-corrected chi connectivity index (χ0v) is 13.7. The van der Waals surface area contributed by atoms with Gasteiger partial charge in [-0.15, -0.1) is 0 Å². The van der Waals surface area contributed by atoms with Crippen LogP contribution in [0.5, 0.6) is 0 Å². The fourth-order valence-corrected chi connectivity index (χ4v) is 1.99. The van der Waals surface area contributed by atoms with E-state index in [0.717, 1.165) is 0 Å². The van der Waals surface area contributed by atoms with E-state index in [0.29, 0.717) is 0 Å². The van der Waals surface area contributed by atoms with Crippen LogP contribution in [0.2, 0.25) is 0 Å². The molecule has 0 aliphatic carbocycles. The van der Waals surface area contributed by atoms with Gasteiger partial charge in [-0.05, 0) is 11.1 Å². The number of halogens is 11. The highest BCUT2D eigenvalue weighted by Crippen LogP contribution is 2.52. The van der Waals surface area contributed by atoms with Crippen LogP contribution in [0, 0.1) is 0 Å². The van der Waals surface area contributed by atoms with Crippen LogP contribution in [-0.2, 0) is 15.8 Å². The molecule has 0 N–H and O–H groups in total. The number of ether oxygens (including phenoxy) is 1. The molecule has 0 bridgehead atoms. The van der Waals surface area contributed by atoms with Crippen molar-refractivity contribution in [1.29, 1.82) is 0 Å². The summed E-state index contributed by atoms with van der Waals surface area (Å²) in [6.07, 6.45) is -2.62. The zero-order valence-electron chi connectivity index (χ0n) is 12.9. The maximum Gasteiger partial charge on any atom is 0.377 e. The quantitative estimate of drug-likeness (QED) is 0.384. The van der Waals surface area contributed by atoms with Gasteiger partial charge in [0.25, 0.3) is 17.7 Å². The van der Waals surface area contributed by atoms with Crippen LogP contribution < -0.4 is 0 Å². The Morgan fingerprint density at radius 2 is 1.23 bits per heavy atom. The molecule has 158 valence electrons. The summed E-state index contributed by atoms with van der Waals surface area (Å²) in [5, 5.41) is 0. The lowest BCUT2D eigenvalue weighted by Gasteiger charge is -2.38. The number of alkyl halides is 11. The van der Waals surface area contributed by atoms with Crippen molar-refractivity contribution in [2.45, 2.75) is 55.7 Å². The Labute approximate surface area is 142 Å². The van der Waals surface area contributed by atoms with Gasteiger partial charge in [0.1, 0.15) is 6.61 Å². The van der Waals surface area contributed by atoms with E-state index < -0.39 is 79.2 Å². The summed E-state index contributed by atoms with van der Waals surface area (Å²) in [6.45, 7) is -3.88. The van der Waals surface area contributed by atoms with E-state index in [4.69, 9.17) is 0 Å². The molecule has 0 aromatic rings. The Kier molecular flexibility index (Phi) is 7.17. The van der Waals surface area contributed by atoms with Crippen LogP contribution in [0.15, 0.2) is 0 Å². The second kappa shape index (κ2) is 7.37. The molecular formula is C11H12F11O3S-. The summed E-state index contributed by atoms with van der Waals surface area (Å²) in [5.41, 5.74) is 0. The molecule has 0 saturated heterocycles. The summed E-state index contributed by atoms with van der Waals surface area (Å²) < 4.78 is 168. The molecule has 0 aromatic carbocycles. The van der Waals surface area contributed by atoms with Gasteiger partial charge in [-0.1, -0.05) is 0 Å². The van der Waals surface area contributed by atoms with E-state index >= 15 is 0 Å². The molecule has 2 atom stereocenters. The Balaban J connectivity index is 5.30. The fourth-order valence-electron chi connectivity index (χ4n) is 1.54. The molecule has 26 heavy (non-hydrogen) atoms. The van der Waals surface area contributed by atoms with Gasteiger partial charge in [0.15, 0.2) is 0 Å². The first-order chi connectivity index (χ1) is 11.1. The van der Waals surface area contributed by atoms with Crippen molar-refractivity contribution in [3.05, 3.63) is 0 Å². The molecule has 0 heterocycles. The molecule has 0 fully saturated rings. The molecular weight excluding hydrogens is 421 g/mol. The predicted octanol–water partition coefficient (Wildman–Crippen LogP) is 4.15. The van der Waals surface area contributed by atoms with Gasteiger partial charge < -0.3 is 9.29 Å². The van der Waals surface area contributed by atoms with Crippen LogP contribution in [-0.4, -0.2) is 56.6 Å². The Morgan fingerprint density at radius 1 is 0.808 bits per heavy atom. The van der Waals surface area contributed by atoms with Crippen LogP contribution in [0.25, 0.3) is 0 Å². The molecule has 0 aromatic heterocycles. The lowest BCUT2D eigenvalue weighted by atomic mass is 9.99. The van der Waals surface area contributed by atoms with Crippen LogP contribution in [0.1, 0.15) is 20.3 Å². The van der Waals surface area contributed by atoms with Gasteiger partial charge in [-0.25, -0.2) is 22.0 Å². The zero-order chi connectivity index (χ0) is 21.4. The van der Waals surface area contributed by atoms with Crippen molar-refractivity contribution >= 4 is 11.1 Å². The van der Waals surface area contributed by atoms with Gasteiger partial charge in [0.2, 0.25) is 0 Å². The maximum absolute atomic E-state index is 13.7. The Hall–Kier alpha value is -0.700. The summed E-state index contributed by atoms with van der Waals surface area (Å²) in [5.74, 6) is -34.8. The van der Waals surface area contributed by atoms with Crippen LogP contribution >= 0.6 is 0 Å². The molecule has 0 aliphatic rings. The van der Waals surface area contributed by atoms with Crippen LogP contribution in [0.3, 0.4) is 0 Å². The summed E-state index contributed by atoms with van der Waals surface area (Å²) >= 11 is -3.48. The second-order valence-corrected chi connectivity index (χ2v) is 6.48. The first kappa shape index (κ1) is 25.3. The van der Waals surface area contributed by atoms with Crippen molar-refractivity contribution in [1.82, 2.24) is 0 Å². The van der Waals surface area contributed by atoms with E-state index in [1.54, 1.807) is 0 Å². The van der Waals surface area contributed by atoms with Gasteiger partial charge in [-0.3, -0.25) is 4.21 Å². The van der Waals surface area contributed by atoms with Crippen molar-refractivity contribution in [2.24, 2.45) is 0 Å². The smallest absolute Gasteiger partial charge is 0.377 e. The van der Waals surface area contributed by atoms with Crippen molar-refractivity contribution < 1.29 is 61.8 Å². The predicted molar refractivity (Wildman–Crippen MR) is 64.3 cm³/mol. The van der Waals surface area contributed by atoms with Gasteiger partial charge in [0.05, 0.1) is 12.2 Å². The Bertz CT molecular complexity index is 516. The molecule has 15 heteroatoms. The number of hydrogen-bond acceptors (Lipinski definition) is 3. The van der Waals surface area contributed by atoms with Gasteiger partial charge in [-0.2, -0.15) is 26.3 Å². The first-order valence-corrected chi connectivity index (χ1v) is 7.60. The average Bonchev–Trinajstić information content (AvgIpc) is 2.31. The van der Waals surface area contributed by atoms with Crippen molar-refractivity contribution in [2.75, 3.05) is 12.4 Å². The lowest BCUT2D eigenvalue weighted by molar-refractivity contribution is -0.387. The SMILES string of the molecule is CC(F)(F)C(F)(F)C(F)(F)C(C)(F)OCC(F)(F)CC(F)(F)CS(=O)[O-]. The molecule has 0 saturated carbocycles. The molecule has 0 spiro atoms. The molecule has 0 aliphatic heterocycles. The fraction of sp³-hybridized carbons (Fsp3) is 1.00. The minimum absolute atomic E-state index is 0.562. The highest BCUT2D eigenvalue weighted by molar-refractivity contribution is 7.79. The van der Waals surface area contributed by atoms with Crippen molar-refractivity contribution in [3.63, 3.8) is 0 Å². The van der Waals surface area contributed by atoms with Crippen molar-refractivity contribution in [3.8, 4) is 0 Å². The Morgan fingerprint density at radius 3 is 1.58 bits per heavy atom. The molecule has 0 amide bonds.